The number of aryl methyl sites for hydroxylation is 2. The summed E-state index contributed by atoms with van der Waals surface area (Å²) >= 11 is 0. The number of cyclic esters (lactones) is 1. The van der Waals surface area contributed by atoms with Gasteiger partial charge in [-0.05, 0) is 25.8 Å². The molecule has 9 heteroatoms. The number of carbonyl (C=O) groups excluding carboxylic acids is 1. The van der Waals surface area contributed by atoms with Gasteiger partial charge < -0.3 is 4.74 Å². The quantitative estimate of drug-likeness (QED) is 0.742. The zero-order valence-electron chi connectivity index (χ0n) is 13.5. The Morgan fingerprint density at radius 3 is 2.83 bits per heavy atom. The number of ether oxygens (including phenoxy) is 1. The molecule has 4 heterocycles. The van der Waals surface area contributed by atoms with E-state index in [1.807, 2.05) is 6.92 Å². The van der Waals surface area contributed by atoms with Crippen LogP contribution >= 0.6 is 0 Å². The normalized spacial score (nSPS) is 25.0. The largest absolute Gasteiger partial charge is 0.464 e. The maximum Gasteiger partial charge on any atom is 0.327 e. The van der Waals surface area contributed by atoms with Gasteiger partial charge in [0.05, 0.1) is 12.3 Å². The summed E-state index contributed by atoms with van der Waals surface area (Å²) in [5.74, 6) is -0.435. The van der Waals surface area contributed by atoms with Crippen LogP contribution in [0.25, 0.3) is 11.0 Å². The number of nitrogens with zero attached hydrogens (tertiary/aromatic N) is 4. The first-order valence-corrected chi connectivity index (χ1v) is 9.30. The zero-order chi connectivity index (χ0) is 17.1. The first-order valence-electron chi connectivity index (χ1n) is 7.86. The molecule has 8 nitrogen and oxygen atoms in total. The SMILES string of the molecule is Cc1nn(C)c2ncc(S(=O)(=O)N3CCCC34CCOC4=O)cc12. The Kier molecular flexibility index (Phi) is 3.23. The van der Waals surface area contributed by atoms with Crippen molar-refractivity contribution in [2.75, 3.05) is 13.2 Å². The fraction of sp³-hybridized carbons (Fsp3) is 0.533. The molecular weight excluding hydrogens is 332 g/mol. The lowest BCUT2D eigenvalue weighted by molar-refractivity contribution is -0.144. The summed E-state index contributed by atoms with van der Waals surface area (Å²) in [6.45, 7) is 2.40. The molecule has 2 fully saturated rings. The molecular formula is C15H18N4O4S. The number of rotatable bonds is 2. The second kappa shape index (κ2) is 5.00. The van der Waals surface area contributed by atoms with E-state index in [1.165, 1.54) is 10.5 Å². The predicted molar refractivity (Wildman–Crippen MR) is 84.7 cm³/mol. The van der Waals surface area contributed by atoms with Gasteiger partial charge in [-0.3, -0.25) is 9.48 Å². The van der Waals surface area contributed by atoms with Crippen LogP contribution in [0.2, 0.25) is 0 Å². The predicted octanol–water partition coefficient (Wildman–Crippen LogP) is 0.747. The van der Waals surface area contributed by atoms with Crippen LogP contribution in [-0.4, -0.2) is 52.1 Å². The van der Waals surface area contributed by atoms with Gasteiger partial charge in [0.1, 0.15) is 10.4 Å². The van der Waals surface area contributed by atoms with Gasteiger partial charge in [-0.2, -0.15) is 9.40 Å². The highest BCUT2D eigenvalue weighted by Crippen LogP contribution is 2.41. The van der Waals surface area contributed by atoms with Crippen molar-refractivity contribution >= 4 is 27.0 Å². The summed E-state index contributed by atoms with van der Waals surface area (Å²) in [6.07, 6.45) is 2.90. The van der Waals surface area contributed by atoms with Crippen molar-refractivity contribution < 1.29 is 17.9 Å². The number of sulfonamides is 1. The fourth-order valence-electron chi connectivity index (χ4n) is 3.76. The maximum atomic E-state index is 13.2. The van der Waals surface area contributed by atoms with Crippen molar-refractivity contribution in [3.63, 3.8) is 0 Å². The van der Waals surface area contributed by atoms with Crippen molar-refractivity contribution in [2.24, 2.45) is 7.05 Å². The van der Waals surface area contributed by atoms with Crippen molar-refractivity contribution in [1.29, 1.82) is 0 Å². The van der Waals surface area contributed by atoms with Gasteiger partial charge in [-0.1, -0.05) is 0 Å². The van der Waals surface area contributed by atoms with Crippen LogP contribution in [-0.2, 0) is 26.6 Å². The number of esters is 1. The molecule has 2 saturated heterocycles. The molecule has 24 heavy (non-hydrogen) atoms. The van der Waals surface area contributed by atoms with E-state index in [-0.39, 0.29) is 11.5 Å². The van der Waals surface area contributed by atoms with E-state index in [0.29, 0.717) is 42.5 Å². The third-order valence-corrected chi connectivity index (χ3v) is 6.91. The van der Waals surface area contributed by atoms with Crippen molar-refractivity contribution in [2.45, 2.75) is 36.6 Å². The number of fused-ring (bicyclic) bond motifs is 1. The summed E-state index contributed by atoms with van der Waals surface area (Å²) in [6, 6.07) is 1.59. The molecule has 2 aromatic heterocycles. The van der Waals surface area contributed by atoms with E-state index in [1.54, 1.807) is 17.8 Å². The van der Waals surface area contributed by atoms with Gasteiger partial charge in [0, 0.05) is 31.6 Å². The van der Waals surface area contributed by atoms with Crippen LogP contribution < -0.4 is 0 Å². The highest BCUT2D eigenvalue weighted by Gasteiger charge is 2.56. The van der Waals surface area contributed by atoms with Gasteiger partial charge >= 0.3 is 5.97 Å². The molecule has 1 spiro atoms. The topological polar surface area (TPSA) is 94.4 Å². The number of hydrogen-bond acceptors (Lipinski definition) is 6. The van der Waals surface area contributed by atoms with Crippen LogP contribution in [0.1, 0.15) is 25.0 Å². The second-order valence-electron chi connectivity index (χ2n) is 6.35. The number of pyridine rings is 1. The molecule has 2 aliphatic rings. The molecule has 0 N–H and O–H groups in total. The van der Waals surface area contributed by atoms with Crippen LogP contribution in [0.15, 0.2) is 17.2 Å². The Labute approximate surface area is 139 Å². The van der Waals surface area contributed by atoms with Crippen LogP contribution in [0, 0.1) is 6.92 Å². The van der Waals surface area contributed by atoms with Crippen LogP contribution in [0.5, 0.6) is 0 Å². The molecule has 128 valence electrons. The minimum Gasteiger partial charge on any atom is -0.464 e. The Bertz CT molecular complexity index is 948. The minimum atomic E-state index is -3.83. The smallest absolute Gasteiger partial charge is 0.327 e. The molecule has 1 atom stereocenters. The lowest BCUT2D eigenvalue weighted by Crippen LogP contribution is -2.50. The minimum absolute atomic E-state index is 0.0899. The van der Waals surface area contributed by atoms with Crippen molar-refractivity contribution in [3.05, 3.63) is 18.0 Å². The molecule has 0 bridgehead atoms. The number of hydrogen-bond donors (Lipinski definition) is 0. The third-order valence-electron chi connectivity index (χ3n) is 4.98. The first-order chi connectivity index (χ1) is 11.4. The number of carbonyl (C=O) groups is 1. The van der Waals surface area contributed by atoms with Gasteiger partial charge in [0.2, 0.25) is 10.0 Å². The Morgan fingerprint density at radius 2 is 2.12 bits per heavy atom. The molecule has 0 aliphatic carbocycles. The molecule has 2 aliphatic heterocycles. The van der Waals surface area contributed by atoms with Gasteiger partial charge in [-0.25, -0.2) is 13.4 Å². The van der Waals surface area contributed by atoms with E-state index in [0.717, 1.165) is 0 Å². The van der Waals surface area contributed by atoms with E-state index in [2.05, 4.69) is 10.1 Å². The highest BCUT2D eigenvalue weighted by atomic mass is 32.2. The van der Waals surface area contributed by atoms with Crippen molar-refractivity contribution in [3.8, 4) is 0 Å². The lowest BCUT2D eigenvalue weighted by atomic mass is 9.96. The maximum absolute atomic E-state index is 13.2. The Morgan fingerprint density at radius 1 is 1.33 bits per heavy atom. The Hall–Kier alpha value is -2.00. The summed E-state index contributed by atoms with van der Waals surface area (Å²) < 4.78 is 34.3. The molecule has 0 aromatic carbocycles. The first kappa shape index (κ1) is 15.5. The van der Waals surface area contributed by atoms with E-state index < -0.39 is 21.5 Å². The average Bonchev–Trinajstić information content (AvgIpc) is 3.21. The zero-order valence-corrected chi connectivity index (χ0v) is 14.3. The van der Waals surface area contributed by atoms with Crippen molar-refractivity contribution in [1.82, 2.24) is 19.1 Å². The van der Waals surface area contributed by atoms with E-state index in [9.17, 15) is 13.2 Å². The van der Waals surface area contributed by atoms with E-state index >= 15 is 0 Å². The molecule has 2 aromatic rings. The molecule has 0 radical (unpaired) electrons. The summed E-state index contributed by atoms with van der Waals surface area (Å²) in [7, 11) is -2.07. The summed E-state index contributed by atoms with van der Waals surface area (Å²) in [5, 5.41) is 4.96. The van der Waals surface area contributed by atoms with E-state index in [4.69, 9.17) is 4.74 Å². The van der Waals surface area contributed by atoms with Gasteiger partial charge in [0.15, 0.2) is 5.65 Å². The van der Waals surface area contributed by atoms with Crippen LogP contribution in [0.3, 0.4) is 0 Å². The second-order valence-corrected chi connectivity index (χ2v) is 8.21. The molecule has 1 unspecified atom stereocenters. The lowest BCUT2D eigenvalue weighted by Gasteiger charge is -2.30. The summed E-state index contributed by atoms with van der Waals surface area (Å²) in [4.78, 5) is 16.5. The average molecular weight is 350 g/mol. The fourth-order valence-corrected chi connectivity index (χ4v) is 5.56. The standard InChI is InChI=1S/C15H18N4O4S/c1-10-12-8-11(9-16-13(12)18(2)17-10)24(21,22)19-6-3-4-15(19)5-7-23-14(15)20/h8-9H,3-7H2,1-2H3. The van der Waals surface area contributed by atoms with Gasteiger partial charge in [-0.15, -0.1) is 0 Å². The van der Waals surface area contributed by atoms with Crippen LogP contribution in [0.4, 0.5) is 0 Å². The summed E-state index contributed by atoms with van der Waals surface area (Å²) in [5.41, 5.74) is 0.300. The molecule has 0 saturated carbocycles. The number of aromatic nitrogens is 3. The highest BCUT2D eigenvalue weighted by molar-refractivity contribution is 7.89. The van der Waals surface area contributed by atoms with Gasteiger partial charge in [0.25, 0.3) is 0 Å². The Balaban J connectivity index is 1.83. The monoisotopic (exact) mass is 350 g/mol. The molecule has 4 rings (SSSR count). The third kappa shape index (κ3) is 1.94. The molecule has 0 amide bonds.